The molecular weight excluding hydrogens is 448 g/mol. The highest BCUT2D eigenvalue weighted by Crippen LogP contribution is 2.80. The third kappa shape index (κ3) is 2.31. The summed E-state index contributed by atoms with van der Waals surface area (Å²) in [4.78, 5) is 14.3. The first-order valence-corrected chi connectivity index (χ1v) is 13.4. The van der Waals surface area contributed by atoms with Crippen LogP contribution in [-0.2, 0) is 28.5 Å². The van der Waals surface area contributed by atoms with Gasteiger partial charge in [0, 0.05) is 24.9 Å². The van der Waals surface area contributed by atoms with Crippen molar-refractivity contribution in [3.63, 3.8) is 0 Å². The number of hydrogen-bond donors (Lipinski definition) is 1. The van der Waals surface area contributed by atoms with Crippen LogP contribution in [0.4, 0.5) is 0 Å². The summed E-state index contributed by atoms with van der Waals surface area (Å²) in [6, 6.07) is 0. The van der Waals surface area contributed by atoms with E-state index in [-0.39, 0.29) is 35.2 Å². The number of fused-ring (bicyclic) bond motifs is 1. The second-order valence-corrected chi connectivity index (χ2v) is 13.1. The molecule has 8 rings (SSSR count). The Morgan fingerprint density at radius 3 is 2.69 bits per heavy atom. The van der Waals surface area contributed by atoms with E-state index in [1.807, 2.05) is 20.8 Å². The highest BCUT2D eigenvalue weighted by atomic mass is 16.8. The molecule has 35 heavy (non-hydrogen) atoms. The lowest BCUT2D eigenvalue weighted by atomic mass is 9.36. The van der Waals surface area contributed by atoms with E-state index in [1.54, 1.807) is 0 Å². The van der Waals surface area contributed by atoms with E-state index in [2.05, 4.69) is 20.4 Å². The second-order valence-electron chi connectivity index (χ2n) is 13.1. The summed E-state index contributed by atoms with van der Waals surface area (Å²) >= 11 is 0. The highest BCUT2D eigenvalue weighted by molar-refractivity contribution is 6.05. The third-order valence-corrected chi connectivity index (χ3v) is 10.6. The van der Waals surface area contributed by atoms with Crippen LogP contribution in [0.15, 0.2) is 23.5 Å². The lowest BCUT2D eigenvalue weighted by molar-refractivity contribution is -0.527. The molecule has 0 aromatic heterocycles. The highest BCUT2D eigenvalue weighted by Gasteiger charge is 2.90. The van der Waals surface area contributed by atoms with Crippen LogP contribution in [0.3, 0.4) is 0 Å². The van der Waals surface area contributed by atoms with Gasteiger partial charge in [0.25, 0.3) is 0 Å². The number of carbonyl (C=O) groups excluding carboxylic acids is 1. The summed E-state index contributed by atoms with van der Waals surface area (Å²) in [6.07, 6.45) is 2.44. The van der Waals surface area contributed by atoms with Crippen LogP contribution in [-0.4, -0.2) is 54.2 Å². The molecule has 9 atom stereocenters. The normalized spacial score (nSPS) is 52.5. The summed E-state index contributed by atoms with van der Waals surface area (Å²) in [5.41, 5.74) is -0.134. The molecule has 3 spiro atoms. The van der Waals surface area contributed by atoms with Gasteiger partial charge in [-0.25, -0.2) is 0 Å². The molecule has 3 saturated heterocycles. The summed E-state index contributed by atoms with van der Waals surface area (Å²) in [5.74, 6) is -2.01. The minimum Gasteiger partial charge on any atom is -0.469 e. The van der Waals surface area contributed by atoms with E-state index in [9.17, 15) is 9.90 Å². The Labute approximate surface area is 207 Å². The standard InChI is InChI=1S/C28H38O7/c1-7-31-18-11-8-15-12-24(3,4)19-21(30)28-27-17(26(19,13-32-28)22(15)33-18)10-9-16(14(2)20(27)29)23(27)34-25(5,6)35-28/h16-19,21,23,30H,2,7-13H2,1,3-6H3/t16-,17?,18+,19+,21-,23?,26?,27-,28-/m0/s1. The molecule has 4 aliphatic heterocycles. The van der Waals surface area contributed by atoms with Crippen LogP contribution in [0.5, 0.6) is 0 Å². The van der Waals surface area contributed by atoms with Crippen molar-refractivity contribution >= 4 is 5.78 Å². The zero-order chi connectivity index (χ0) is 24.8. The van der Waals surface area contributed by atoms with Gasteiger partial charge in [0.2, 0.25) is 5.79 Å². The number of ketones is 1. The third-order valence-electron chi connectivity index (χ3n) is 10.6. The van der Waals surface area contributed by atoms with Gasteiger partial charge in [-0.2, -0.15) is 0 Å². The van der Waals surface area contributed by atoms with Crippen molar-refractivity contribution in [2.24, 2.45) is 34.0 Å². The van der Waals surface area contributed by atoms with Crippen molar-refractivity contribution in [2.45, 2.75) is 96.8 Å². The summed E-state index contributed by atoms with van der Waals surface area (Å²) < 4.78 is 32.6. The van der Waals surface area contributed by atoms with Crippen molar-refractivity contribution in [1.29, 1.82) is 0 Å². The maximum absolute atomic E-state index is 14.3. The SMILES string of the molecule is C=C1C(=O)[C@@]23C4OC(C)(C)O[C@]25OCC2(C6=C(CC[C@H](OCC)O6)CC(C)(C)[C@H]2[C@@H]5O)C3CC[C@@H]14. The molecule has 7 heteroatoms. The Morgan fingerprint density at radius 1 is 1.17 bits per heavy atom. The predicted molar refractivity (Wildman–Crippen MR) is 125 cm³/mol. The van der Waals surface area contributed by atoms with Gasteiger partial charge in [0.1, 0.15) is 17.3 Å². The van der Waals surface area contributed by atoms with Crippen LogP contribution in [0.1, 0.15) is 66.7 Å². The first-order valence-electron chi connectivity index (χ1n) is 13.4. The number of Topliss-reactive ketones (excluding diaryl/α,β-unsaturated/α-hetero) is 1. The maximum Gasteiger partial charge on any atom is 0.213 e. The molecule has 4 aliphatic carbocycles. The van der Waals surface area contributed by atoms with Gasteiger partial charge < -0.3 is 28.8 Å². The zero-order valence-corrected chi connectivity index (χ0v) is 21.5. The van der Waals surface area contributed by atoms with Crippen molar-refractivity contribution < 1.29 is 33.6 Å². The Balaban J connectivity index is 1.51. The summed E-state index contributed by atoms with van der Waals surface area (Å²) in [5, 5.41) is 12.4. The van der Waals surface area contributed by atoms with Gasteiger partial charge >= 0.3 is 0 Å². The molecule has 1 N–H and O–H groups in total. The molecule has 6 fully saturated rings. The Kier molecular flexibility index (Phi) is 4.32. The van der Waals surface area contributed by atoms with Crippen molar-refractivity contribution in [2.75, 3.05) is 13.2 Å². The Bertz CT molecular complexity index is 1060. The first kappa shape index (κ1) is 22.9. The Hall–Kier alpha value is -1.25. The molecule has 0 radical (unpaired) electrons. The lowest BCUT2D eigenvalue weighted by Gasteiger charge is -2.77. The lowest BCUT2D eigenvalue weighted by Crippen LogP contribution is -2.87. The van der Waals surface area contributed by atoms with E-state index in [0.29, 0.717) is 18.8 Å². The zero-order valence-electron chi connectivity index (χ0n) is 21.5. The number of rotatable bonds is 2. The van der Waals surface area contributed by atoms with E-state index in [4.69, 9.17) is 23.7 Å². The number of aliphatic hydroxyl groups is 1. The van der Waals surface area contributed by atoms with Crippen molar-refractivity contribution in [1.82, 2.24) is 0 Å². The topological polar surface area (TPSA) is 83.5 Å². The predicted octanol–water partition coefficient (Wildman–Crippen LogP) is 3.85. The average molecular weight is 487 g/mol. The maximum atomic E-state index is 14.3. The molecule has 192 valence electrons. The molecule has 8 aliphatic rings. The monoisotopic (exact) mass is 486 g/mol. The number of aliphatic hydroxyl groups excluding tert-OH is 1. The smallest absolute Gasteiger partial charge is 0.213 e. The number of ether oxygens (including phenoxy) is 5. The van der Waals surface area contributed by atoms with E-state index >= 15 is 0 Å². The van der Waals surface area contributed by atoms with Crippen molar-refractivity contribution in [3.8, 4) is 0 Å². The quantitative estimate of drug-likeness (QED) is 0.594. The average Bonchev–Trinajstić information content (AvgIpc) is 2.90. The molecule has 3 saturated carbocycles. The first-order chi connectivity index (χ1) is 16.5. The molecule has 0 amide bonds. The van der Waals surface area contributed by atoms with Gasteiger partial charge in [-0.05, 0) is 68.9 Å². The van der Waals surface area contributed by atoms with E-state index in [1.165, 1.54) is 5.57 Å². The van der Waals surface area contributed by atoms with Crippen LogP contribution in [0.25, 0.3) is 0 Å². The fourth-order valence-corrected chi connectivity index (χ4v) is 9.95. The minimum absolute atomic E-state index is 0.0511. The fourth-order valence-electron chi connectivity index (χ4n) is 9.95. The van der Waals surface area contributed by atoms with Gasteiger partial charge in [-0.1, -0.05) is 20.4 Å². The molecule has 0 aromatic carbocycles. The van der Waals surface area contributed by atoms with E-state index in [0.717, 1.165) is 37.9 Å². The summed E-state index contributed by atoms with van der Waals surface area (Å²) in [6.45, 7) is 15.4. The second kappa shape index (κ2) is 6.60. The van der Waals surface area contributed by atoms with Crippen molar-refractivity contribution in [3.05, 3.63) is 23.5 Å². The fraction of sp³-hybridized carbons (Fsp3) is 0.821. The molecule has 3 unspecified atom stereocenters. The Morgan fingerprint density at radius 2 is 1.94 bits per heavy atom. The van der Waals surface area contributed by atoms with Gasteiger partial charge in [-0.15, -0.1) is 0 Å². The van der Waals surface area contributed by atoms with E-state index < -0.39 is 34.6 Å². The molecule has 4 heterocycles. The van der Waals surface area contributed by atoms with Crippen LogP contribution >= 0.6 is 0 Å². The molecule has 4 bridgehead atoms. The molecule has 7 nitrogen and oxygen atoms in total. The number of allylic oxidation sites excluding steroid dienone is 1. The van der Waals surface area contributed by atoms with Crippen LogP contribution in [0.2, 0.25) is 0 Å². The minimum atomic E-state index is -1.46. The van der Waals surface area contributed by atoms with Gasteiger partial charge in [0.05, 0.1) is 18.1 Å². The largest absolute Gasteiger partial charge is 0.469 e. The number of carbonyl (C=O) groups is 1. The van der Waals surface area contributed by atoms with Crippen LogP contribution < -0.4 is 0 Å². The number of hydrogen-bond acceptors (Lipinski definition) is 7. The molecular formula is C28H38O7. The summed E-state index contributed by atoms with van der Waals surface area (Å²) in [7, 11) is 0. The molecule has 0 aromatic rings. The van der Waals surface area contributed by atoms with Crippen LogP contribution in [0, 0.1) is 34.0 Å². The van der Waals surface area contributed by atoms with Gasteiger partial charge in [0.15, 0.2) is 17.9 Å². The van der Waals surface area contributed by atoms with Gasteiger partial charge in [-0.3, -0.25) is 4.79 Å².